The van der Waals surface area contributed by atoms with Crippen molar-refractivity contribution in [2.24, 2.45) is 0 Å². The third-order valence-electron chi connectivity index (χ3n) is 10.6. The average molecular weight is 792 g/mol. The lowest BCUT2D eigenvalue weighted by Crippen LogP contribution is -2.53. The quantitative estimate of drug-likeness (QED) is 0.103. The van der Waals surface area contributed by atoms with Crippen molar-refractivity contribution in [2.75, 3.05) is 25.1 Å². The number of alkyl carbamates (subject to hydrolysis) is 1. The third kappa shape index (κ3) is 8.93. The first-order valence-corrected chi connectivity index (χ1v) is 19.5. The number of aromatic amines is 2. The van der Waals surface area contributed by atoms with Crippen molar-refractivity contribution in [2.45, 2.75) is 88.7 Å². The Bertz CT molecular complexity index is 2280. The first kappa shape index (κ1) is 39.8. The molecule has 0 spiro atoms. The van der Waals surface area contributed by atoms with Gasteiger partial charge in [0.25, 0.3) is 0 Å². The van der Waals surface area contributed by atoms with E-state index in [0.717, 1.165) is 32.9 Å². The predicted molar refractivity (Wildman–Crippen MR) is 216 cm³/mol. The van der Waals surface area contributed by atoms with Crippen LogP contribution in [0.1, 0.15) is 51.2 Å². The van der Waals surface area contributed by atoms with E-state index in [0.29, 0.717) is 25.1 Å². The maximum Gasteiger partial charge on any atom is 0.408 e. The summed E-state index contributed by atoms with van der Waals surface area (Å²) >= 11 is 0. The number of anilines is 1. The zero-order valence-corrected chi connectivity index (χ0v) is 33.0. The zero-order valence-electron chi connectivity index (χ0n) is 33.0. The summed E-state index contributed by atoms with van der Waals surface area (Å²) in [5.41, 5.74) is 3.36. The Balaban J connectivity index is 1.07. The minimum absolute atomic E-state index is 0.130. The lowest BCUT2D eigenvalue weighted by molar-refractivity contribution is -0.157. The molecule has 2 aliphatic heterocycles. The van der Waals surface area contributed by atoms with Crippen molar-refractivity contribution in [1.82, 2.24) is 30.5 Å². The lowest BCUT2D eigenvalue weighted by Gasteiger charge is -2.29. The molecule has 5 atom stereocenters. The first-order chi connectivity index (χ1) is 27.9. The summed E-state index contributed by atoms with van der Waals surface area (Å²) in [5, 5.41) is 7.52. The van der Waals surface area contributed by atoms with E-state index in [1.165, 1.54) is 12.0 Å². The number of benzene rings is 2. The molecule has 304 valence electrons. The predicted octanol–water partition coefficient (Wildman–Crippen LogP) is 4.56. The number of pyridine rings is 1. The van der Waals surface area contributed by atoms with Gasteiger partial charge in [0.2, 0.25) is 11.8 Å². The summed E-state index contributed by atoms with van der Waals surface area (Å²) in [4.78, 5) is 82.4. The Morgan fingerprint density at radius 1 is 0.845 bits per heavy atom. The van der Waals surface area contributed by atoms with Crippen LogP contribution in [0, 0.1) is 0 Å². The van der Waals surface area contributed by atoms with Crippen molar-refractivity contribution < 1.29 is 38.2 Å². The van der Waals surface area contributed by atoms with Crippen LogP contribution in [0.25, 0.3) is 21.8 Å². The number of carbonyl (C=O) groups is 5. The molecule has 2 saturated heterocycles. The van der Waals surface area contributed by atoms with Crippen LogP contribution in [0.2, 0.25) is 0 Å². The number of ether oxygens (including phenoxy) is 3. The molecule has 15 heteroatoms. The highest BCUT2D eigenvalue weighted by atomic mass is 16.6. The molecule has 4 N–H and O–H groups in total. The monoisotopic (exact) mass is 791 g/mol. The Hall–Kier alpha value is -6.38. The van der Waals surface area contributed by atoms with Crippen LogP contribution in [-0.4, -0.2) is 106 Å². The van der Waals surface area contributed by atoms with Crippen LogP contribution in [0.4, 0.5) is 10.5 Å². The van der Waals surface area contributed by atoms with Crippen LogP contribution < -0.4 is 15.5 Å². The van der Waals surface area contributed by atoms with Crippen molar-refractivity contribution in [3.63, 3.8) is 0 Å². The number of fused-ring (bicyclic) bond motifs is 2. The molecule has 0 saturated carbocycles. The number of nitrogens with zero attached hydrogens (tertiary/aromatic N) is 3. The highest BCUT2D eigenvalue weighted by molar-refractivity contribution is 5.93. The average Bonchev–Trinajstić information content (AvgIpc) is 4.03. The Labute approximate surface area is 335 Å². The number of likely N-dealkylation sites (tertiary alicyclic amines) is 1. The Morgan fingerprint density at radius 2 is 1.47 bits per heavy atom. The topological polar surface area (TPSA) is 188 Å². The second-order valence-electron chi connectivity index (χ2n) is 15.8. The van der Waals surface area contributed by atoms with E-state index >= 15 is 0 Å². The van der Waals surface area contributed by atoms with Crippen molar-refractivity contribution in [3.05, 3.63) is 96.6 Å². The molecule has 2 aromatic carbocycles. The zero-order chi connectivity index (χ0) is 41.0. The van der Waals surface area contributed by atoms with Gasteiger partial charge in [-0.2, -0.15) is 0 Å². The molecule has 2 fully saturated rings. The number of methoxy groups -OCH3 is 1. The van der Waals surface area contributed by atoms with Gasteiger partial charge in [-0.1, -0.05) is 36.4 Å². The van der Waals surface area contributed by atoms with Crippen LogP contribution >= 0.6 is 0 Å². The van der Waals surface area contributed by atoms with Crippen molar-refractivity contribution >= 4 is 57.3 Å². The molecule has 3 amide bonds. The van der Waals surface area contributed by atoms with Crippen LogP contribution in [0.3, 0.4) is 0 Å². The summed E-state index contributed by atoms with van der Waals surface area (Å²) in [5.74, 6) is -2.05. The van der Waals surface area contributed by atoms with Gasteiger partial charge >= 0.3 is 18.0 Å². The summed E-state index contributed by atoms with van der Waals surface area (Å²) in [7, 11) is 1.28. The minimum Gasteiger partial charge on any atom is -0.467 e. The third-order valence-corrected chi connectivity index (χ3v) is 10.6. The Morgan fingerprint density at radius 3 is 2.09 bits per heavy atom. The summed E-state index contributed by atoms with van der Waals surface area (Å²) in [6.45, 7) is 5.70. The summed E-state index contributed by atoms with van der Waals surface area (Å²) in [6.07, 6.45) is 6.79. The molecular formula is C43H49N7O8. The Kier molecular flexibility index (Phi) is 11.7. The van der Waals surface area contributed by atoms with Gasteiger partial charge in [-0.25, -0.2) is 14.4 Å². The molecule has 5 heterocycles. The second-order valence-corrected chi connectivity index (χ2v) is 15.8. The fraction of sp³-hybridized carbons (Fsp3) is 0.395. The van der Waals surface area contributed by atoms with E-state index in [1.807, 2.05) is 65.8 Å². The van der Waals surface area contributed by atoms with E-state index in [4.69, 9.17) is 14.2 Å². The molecule has 0 bridgehead atoms. The van der Waals surface area contributed by atoms with E-state index in [9.17, 15) is 24.0 Å². The largest absolute Gasteiger partial charge is 0.467 e. The van der Waals surface area contributed by atoms with Gasteiger partial charge < -0.3 is 44.6 Å². The molecular weight excluding hydrogens is 743 g/mol. The van der Waals surface area contributed by atoms with Crippen LogP contribution in [0.15, 0.2) is 85.5 Å². The standard InChI is InChI=1S/C43H49N7O8/c1-43(2,3)58-42(55)48-34(20-26-23-45-32-12-7-5-10-30(26)32)39(52)49-19-9-14-36(49)41(54)57-29-22-37(50(25-29)28-15-17-44-18-16-28)38(51)47-35(40(53)56-4)21-27-24-46-33-13-8-6-11-31(27)33/h5-8,10-13,15-18,23-24,29,34-37,45-46H,9,14,19-22,25H2,1-4H3,(H,47,51)(H,48,55)/t29-,34+,35+,36+,37+/m1/s1. The molecule has 0 unspecified atom stereocenters. The van der Waals surface area contributed by atoms with Crippen molar-refractivity contribution in [3.8, 4) is 0 Å². The number of hydrogen-bond acceptors (Lipinski definition) is 10. The molecule has 7 rings (SSSR count). The fourth-order valence-corrected chi connectivity index (χ4v) is 7.96. The van der Waals surface area contributed by atoms with E-state index in [-0.39, 0.29) is 25.8 Å². The summed E-state index contributed by atoms with van der Waals surface area (Å²) < 4.78 is 16.7. The van der Waals surface area contributed by atoms with Gasteiger partial charge in [-0.15, -0.1) is 0 Å². The number of hydrogen-bond donors (Lipinski definition) is 4. The smallest absolute Gasteiger partial charge is 0.408 e. The summed E-state index contributed by atoms with van der Waals surface area (Å²) in [6, 6.07) is 15.2. The minimum atomic E-state index is -1.03. The van der Waals surface area contributed by atoms with E-state index in [2.05, 4.69) is 25.6 Å². The molecule has 2 aliphatic rings. The molecule has 15 nitrogen and oxygen atoms in total. The number of esters is 2. The number of rotatable bonds is 12. The van der Waals surface area contributed by atoms with E-state index < -0.39 is 65.7 Å². The van der Waals surface area contributed by atoms with Gasteiger partial charge in [0.1, 0.15) is 35.9 Å². The van der Waals surface area contributed by atoms with Crippen LogP contribution in [0.5, 0.6) is 0 Å². The van der Waals surface area contributed by atoms with Gasteiger partial charge in [-0.05, 0) is 69.0 Å². The maximum atomic E-state index is 14.3. The van der Waals surface area contributed by atoms with Crippen molar-refractivity contribution in [1.29, 1.82) is 0 Å². The molecule has 0 aliphatic carbocycles. The molecule has 0 radical (unpaired) electrons. The molecule has 5 aromatic rings. The SMILES string of the molecule is COC(=O)[C@H](Cc1c[nH]c2ccccc12)NC(=O)[C@@H]1C[C@@H](OC(=O)[C@@H]2CCCN2C(=O)[C@H](Cc2c[nH]c3ccccc23)NC(=O)OC(C)(C)C)CN1c1ccncc1. The number of amides is 3. The number of carbonyl (C=O) groups excluding carboxylic acids is 5. The second kappa shape index (κ2) is 17.0. The van der Waals surface area contributed by atoms with Gasteiger partial charge in [0, 0.05) is 78.1 Å². The van der Waals surface area contributed by atoms with Crippen LogP contribution in [-0.2, 0) is 46.2 Å². The van der Waals surface area contributed by atoms with Gasteiger partial charge in [0.15, 0.2) is 0 Å². The number of H-pyrrole nitrogens is 2. The highest BCUT2D eigenvalue weighted by Crippen LogP contribution is 2.30. The van der Waals surface area contributed by atoms with Gasteiger partial charge in [0.05, 0.1) is 13.7 Å². The number of nitrogens with one attached hydrogen (secondary N) is 4. The highest BCUT2D eigenvalue weighted by Gasteiger charge is 2.44. The first-order valence-electron chi connectivity index (χ1n) is 19.5. The molecule has 58 heavy (non-hydrogen) atoms. The molecule has 3 aromatic heterocycles. The van der Waals surface area contributed by atoms with E-state index in [1.54, 1.807) is 45.3 Å². The fourth-order valence-electron chi connectivity index (χ4n) is 7.96. The normalized spacial score (nSPS) is 19.1. The number of aromatic nitrogens is 3. The lowest BCUT2D eigenvalue weighted by atomic mass is 10.0. The number of para-hydroxylation sites is 2. The van der Waals surface area contributed by atoms with Gasteiger partial charge in [-0.3, -0.25) is 14.6 Å². The maximum absolute atomic E-state index is 14.3.